The Balaban J connectivity index is 3.06. The average molecular weight is 148 g/mol. The molecule has 0 aliphatic carbocycles. The predicted molar refractivity (Wildman–Crippen MR) is 44.3 cm³/mol. The van der Waals surface area contributed by atoms with E-state index in [1.807, 2.05) is 0 Å². The quantitative estimate of drug-likeness (QED) is 0.557. The van der Waals surface area contributed by atoms with Crippen molar-refractivity contribution in [2.24, 2.45) is 0 Å². The Morgan fingerprint density at radius 3 is 2.22 bits per heavy atom. The molecule has 0 amide bonds. The van der Waals surface area contributed by atoms with Crippen LogP contribution in [-0.4, -0.2) is 11.8 Å². The van der Waals surface area contributed by atoms with Crippen LogP contribution in [0.5, 0.6) is 0 Å². The summed E-state index contributed by atoms with van der Waals surface area (Å²) in [5.74, 6) is 0. The Morgan fingerprint density at radius 1 is 1.33 bits per heavy atom. The molecule has 0 bridgehead atoms. The number of hydrogen-bond donors (Lipinski definition) is 0. The molecular weight excluding hydrogens is 131 g/mol. The van der Waals surface area contributed by atoms with E-state index in [1.165, 1.54) is 6.42 Å². The topological polar surface area (TPSA) is 9.23 Å². The minimum Gasteiger partial charge on any atom is -0.360 e. The first-order chi connectivity index (χ1) is 4.16. The molecular formula is C7H17OP. The zero-order chi connectivity index (χ0) is 7.28. The van der Waals surface area contributed by atoms with Crippen LogP contribution >= 0.6 is 8.81 Å². The molecule has 1 nitrogen and oxygen atoms in total. The van der Waals surface area contributed by atoms with Crippen molar-refractivity contribution in [3.05, 3.63) is 0 Å². The van der Waals surface area contributed by atoms with Crippen LogP contribution < -0.4 is 0 Å². The van der Waals surface area contributed by atoms with Crippen molar-refractivity contribution in [2.75, 3.05) is 0 Å². The standard InChI is InChI=1S/C7H17OP/c1-5-7(4)9-8-6(2)3/h6-7,9H,5H2,1-4H3. The molecule has 0 radical (unpaired) electrons. The van der Waals surface area contributed by atoms with E-state index in [0.717, 1.165) is 5.66 Å². The summed E-state index contributed by atoms with van der Waals surface area (Å²) in [5, 5.41) is 0. The van der Waals surface area contributed by atoms with Crippen LogP contribution in [0.1, 0.15) is 34.1 Å². The van der Waals surface area contributed by atoms with Gasteiger partial charge in [-0.2, -0.15) is 0 Å². The highest BCUT2D eigenvalue weighted by Gasteiger charge is 1.99. The normalized spacial score (nSPS) is 15.7. The molecule has 0 spiro atoms. The van der Waals surface area contributed by atoms with Gasteiger partial charge < -0.3 is 4.52 Å². The Labute approximate surface area is 60.0 Å². The van der Waals surface area contributed by atoms with Crippen molar-refractivity contribution >= 4 is 8.81 Å². The maximum Gasteiger partial charge on any atom is 0.0558 e. The van der Waals surface area contributed by atoms with E-state index in [-0.39, 0.29) is 0 Å². The molecule has 0 saturated carbocycles. The van der Waals surface area contributed by atoms with Gasteiger partial charge in [-0.1, -0.05) is 13.8 Å². The van der Waals surface area contributed by atoms with E-state index in [0.29, 0.717) is 14.9 Å². The zero-order valence-electron chi connectivity index (χ0n) is 6.77. The van der Waals surface area contributed by atoms with E-state index in [4.69, 9.17) is 4.52 Å². The summed E-state index contributed by atoms with van der Waals surface area (Å²) < 4.78 is 5.42. The lowest BCUT2D eigenvalue weighted by Crippen LogP contribution is -1.98. The molecule has 2 heteroatoms. The molecule has 0 rings (SSSR count). The highest BCUT2D eigenvalue weighted by molar-refractivity contribution is 7.33. The molecule has 0 fully saturated rings. The van der Waals surface area contributed by atoms with Gasteiger partial charge >= 0.3 is 0 Å². The van der Waals surface area contributed by atoms with Gasteiger partial charge in [-0.3, -0.25) is 0 Å². The molecule has 0 aromatic carbocycles. The van der Waals surface area contributed by atoms with Crippen LogP contribution in [0.3, 0.4) is 0 Å². The van der Waals surface area contributed by atoms with E-state index in [1.54, 1.807) is 0 Å². The van der Waals surface area contributed by atoms with Crippen molar-refractivity contribution in [3.63, 3.8) is 0 Å². The summed E-state index contributed by atoms with van der Waals surface area (Å²) >= 11 is 0. The number of rotatable bonds is 4. The maximum absolute atomic E-state index is 5.42. The Kier molecular flexibility index (Phi) is 5.42. The predicted octanol–water partition coefficient (Wildman–Crippen LogP) is 2.80. The highest BCUT2D eigenvalue weighted by Crippen LogP contribution is 2.23. The highest BCUT2D eigenvalue weighted by atomic mass is 31.1. The maximum atomic E-state index is 5.42. The largest absolute Gasteiger partial charge is 0.360 e. The van der Waals surface area contributed by atoms with Gasteiger partial charge in [-0.15, -0.1) is 0 Å². The number of hydrogen-bond acceptors (Lipinski definition) is 1. The summed E-state index contributed by atoms with van der Waals surface area (Å²) in [6.07, 6.45) is 1.63. The van der Waals surface area contributed by atoms with E-state index in [9.17, 15) is 0 Å². The van der Waals surface area contributed by atoms with Gasteiger partial charge in [0.1, 0.15) is 0 Å². The van der Waals surface area contributed by atoms with E-state index < -0.39 is 0 Å². The smallest absolute Gasteiger partial charge is 0.0558 e. The van der Waals surface area contributed by atoms with Crippen molar-refractivity contribution < 1.29 is 4.52 Å². The van der Waals surface area contributed by atoms with E-state index in [2.05, 4.69) is 27.7 Å². The van der Waals surface area contributed by atoms with E-state index >= 15 is 0 Å². The lowest BCUT2D eigenvalue weighted by molar-refractivity contribution is 0.276. The first kappa shape index (κ1) is 9.39. The molecule has 2 atom stereocenters. The van der Waals surface area contributed by atoms with Crippen LogP contribution in [0.25, 0.3) is 0 Å². The van der Waals surface area contributed by atoms with Crippen LogP contribution in [0.2, 0.25) is 0 Å². The minimum atomic E-state index is 0.400. The molecule has 0 saturated heterocycles. The molecule has 2 unspecified atom stereocenters. The van der Waals surface area contributed by atoms with Crippen molar-refractivity contribution in [1.82, 2.24) is 0 Å². The van der Waals surface area contributed by atoms with Crippen LogP contribution in [-0.2, 0) is 4.52 Å². The monoisotopic (exact) mass is 148 g/mol. The molecule has 0 aliphatic rings. The second-order valence-corrected chi connectivity index (χ2v) is 4.05. The minimum absolute atomic E-state index is 0.400. The molecule has 9 heavy (non-hydrogen) atoms. The summed E-state index contributed by atoms with van der Waals surface area (Å²) in [6, 6.07) is 0. The lowest BCUT2D eigenvalue weighted by Gasteiger charge is -2.10. The molecule has 0 aromatic heterocycles. The molecule has 0 aliphatic heterocycles. The second-order valence-electron chi connectivity index (χ2n) is 2.59. The third-order valence-electron chi connectivity index (χ3n) is 1.12. The Morgan fingerprint density at radius 2 is 1.89 bits per heavy atom. The van der Waals surface area contributed by atoms with Gasteiger partial charge in [0.05, 0.1) is 6.10 Å². The van der Waals surface area contributed by atoms with Crippen molar-refractivity contribution in [3.8, 4) is 0 Å². The van der Waals surface area contributed by atoms with Gasteiger partial charge in [0.2, 0.25) is 0 Å². The molecule has 0 N–H and O–H groups in total. The fourth-order valence-corrected chi connectivity index (χ4v) is 1.01. The van der Waals surface area contributed by atoms with Gasteiger partial charge in [0.15, 0.2) is 0 Å². The van der Waals surface area contributed by atoms with Gasteiger partial charge in [0.25, 0.3) is 0 Å². The van der Waals surface area contributed by atoms with Gasteiger partial charge in [0, 0.05) is 8.81 Å². The average Bonchev–Trinajstić information content (AvgIpc) is 1.83. The molecule has 0 aromatic rings. The van der Waals surface area contributed by atoms with Crippen LogP contribution in [0, 0.1) is 0 Å². The van der Waals surface area contributed by atoms with Crippen LogP contribution in [0.15, 0.2) is 0 Å². The second kappa shape index (κ2) is 5.20. The Bertz CT molecular complexity index is 63.9. The SMILES string of the molecule is CCC(C)POC(C)C. The van der Waals surface area contributed by atoms with Crippen LogP contribution in [0.4, 0.5) is 0 Å². The van der Waals surface area contributed by atoms with Crippen molar-refractivity contribution in [2.45, 2.75) is 45.9 Å². The first-order valence-electron chi connectivity index (χ1n) is 3.58. The zero-order valence-corrected chi connectivity index (χ0v) is 7.77. The summed E-state index contributed by atoms with van der Waals surface area (Å²) in [6.45, 7) is 8.58. The summed E-state index contributed by atoms with van der Waals surface area (Å²) in [5.41, 5.74) is 0.743. The summed E-state index contributed by atoms with van der Waals surface area (Å²) in [7, 11) is 0.686. The fourth-order valence-electron chi connectivity index (χ4n) is 0.336. The first-order valence-corrected chi connectivity index (χ1v) is 4.56. The third-order valence-corrected chi connectivity index (χ3v) is 2.54. The van der Waals surface area contributed by atoms with Gasteiger partial charge in [-0.05, 0) is 25.9 Å². The molecule has 0 heterocycles. The summed E-state index contributed by atoms with van der Waals surface area (Å²) in [4.78, 5) is 0. The van der Waals surface area contributed by atoms with Gasteiger partial charge in [-0.25, -0.2) is 0 Å². The Hall–Kier alpha value is 0.390. The lowest BCUT2D eigenvalue weighted by atomic mass is 10.4. The third kappa shape index (κ3) is 6.27. The van der Waals surface area contributed by atoms with Crippen molar-refractivity contribution in [1.29, 1.82) is 0 Å². The molecule has 56 valence electrons. The fraction of sp³-hybridized carbons (Fsp3) is 1.00.